The smallest absolute Gasteiger partial charge is 0.136 e. The van der Waals surface area contributed by atoms with Crippen LogP contribution >= 0.6 is 0 Å². The van der Waals surface area contributed by atoms with Crippen molar-refractivity contribution in [2.75, 3.05) is 20.1 Å². The van der Waals surface area contributed by atoms with Crippen LogP contribution in [-0.4, -0.2) is 35.9 Å². The van der Waals surface area contributed by atoms with E-state index >= 15 is 0 Å². The van der Waals surface area contributed by atoms with E-state index in [0.29, 0.717) is 18.6 Å². The molecule has 0 unspecified atom stereocenters. The summed E-state index contributed by atoms with van der Waals surface area (Å²) in [4.78, 5) is 11.1. The molecule has 0 aromatic heterocycles. The number of hydrogen-bond acceptors (Lipinski definition) is 3. The van der Waals surface area contributed by atoms with Gasteiger partial charge in [-0.25, -0.2) is 5.01 Å². The van der Waals surface area contributed by atoms with E-state index in [1.54, 1.807) is 0 Å². The molecule has 0 atom stereocenters. The van der Waals surface area contributed by atoms with Crippen molar-refractivity contribution in [2.45, 2.75) is 19.8 Å². The first-order valence-corrected chi connectivity index (χ1v) is 4.27. The molecular formula is C9H16N2O. The quantitative estimate of drug-likeness (QED) is 0.584. The van der Waals surface area contributed by atoms with Crippen molar-refractivity contribution in [1.82, 2.24) is 10.0 Å². The van der Waals surface area contributed by atoms with Crippen LogP contribution in [0.2, 0.25) is 0 Å². The zero-order valence-electron chi connectivity index (χ0n) is 7.84. The van der Waals surface area contributed by atoms with Crippen LogP contribution in [0.15, 0.2) is 12.3 Å². The van der Waals surface area contributed by atoms with E-state index in [1.807, 2.05) is 14.0 Å². The highest BCUT2D eigenvalue weighted by molar-refractivity contribution is 5.78. The zero-order chi connectivity index (χ0) is 9.14. The van der Waals surface area contributed by atoms with Crippen LogP contribution in [0.25, 0.3) is 0 Å². The summed E-state index contributed by atoms with van der Waals surface area (Å²) in [6, 6.07) is 0. The number of allylic oxidation sites excluding steroid dienone is 1. The molecule has 0 radical (unpaired) electrons. The molecule has 0 aromatic rings. The Balaban J connectivity index is 2.62. The Morgan fingerprint density at radius 1 is 1.42 bits per heavy atom. The molecule has 0 N–H and O–H groups in total. The van der Waals surface area contributed by atoms with Crippen LogP contribution in [0.1, 0.15) is 19.8 Å². The fourth-order valence-corrected chi connectivity index (χ4v) is 1.42. The first-order valence-electron chi connectivity index (χ1n) is 4.27. The predicted octanol–water partition coefficient (Wildman–Crippen LogP) is 1.03. The lowest BCUT2D eigenvalue weighted by Gasteiger charge is -2.31. The second-order valence-corrected chi connectivity index (χ2v) is 3.28. The molecule has 0 spiro atoms. The van der Waals surface area contributed by atoms with E-state index in [1.165, 1.54) is 0 Å². The second-order valence-electron chi connectivity index (χ2n) is 3.28. The van der Waals surface area contributed by atoms with Gasteiger partial charge in [-0.3, -0.25) is 4.79 Å². The zero-order valence-corrected chi connectivity index (χ0v) is 7.84. The summed E-state index contributed by atoms with van der Waals surface area (Å²) in [5.74, 6) is 0.352. The van der Waals surface area contributed by atoms with Crippen LogP contribution in [0.5, 0.6) is 0 Å². The Morgan fingerprint density at radius 3 is 2.58 bits per heavy atom. The minimum Gasteiger partial charge on any atom is -0.311 e. The molecule has 1 heterocycles. The number of nitrogens with zero attached hydrogens (tertiary/aromatic N) is 2. The maximum atomic E-state index is 11.1. The summed E-state index contributed by atoms with van der Waals surface area (Å²) in [7, 11) is 1.99. The average molecular weight is 168 g/mol. The van der Waals surface area contributed by atoms with E-state index in [-0.39, 0.29) is 0 Å². The molecule has 1 rings (SSSR count). The van der Waals surface area contributed by atoms with Crippen molar-refractivity contribution in [3.63, 3.8) is 0 Å². The van der Waals surface area contributed by atoms with Gasteiger partial charge in [0.2, 0.25) is 0 Å². The molecule has 0 aliphatic carbocycles. The molecule has 0 saturated carbocycles. The number of hydrogen-bond donors (Lipinski definition) is 0. The third-order valence-electron chi connectivity index (χ3n) is 2.17. The summed E-state index contributed by atoms with van der Waals surface area (Å²) in [5.41, 5.74) is 1.01. The van der Waals surface area contributed by atoms with Crippen molar-refractivity contribution >= 4 is 5.78 Å². The van der Waals surface area contributed by atoms with E-state index in [9.17, 15) is 4.79 Å². The lowest BCUT2D eigenvalue weighted by atomic mass is 10.2. The first-order chi connectivity index (χ1) is 5.61. The standard InChI is InChI=1S/C9H16N2O/c1-8(2)11-7-5-9(12)4-6-10(11)3/h1,4-7H2,2-3H3. The van der Waals surface area contributed by atoms with Crippen molar-refractivity contribution in [3.05, 3.63) is 12.3 Å². The summed E-state index contributed by atoms with van der Waals surface area (Å²) < 4.78 is 0. The Hall–Kier alpha value is -0.830. The maximum Gasteiger partial charge on any atom is 0.136 e. The molecule has 1 saturated heterocycles. The number of Topliss-reactive ketones (excluding diaryl/α,β-unsaturated/α-hetero) is 1. The van der Waals surface area contributed by atoms with Crippen LogP contribution in [-0.2, 0) is 4.79 Å². The number of rotatable bonds is 1. The third-order valence-corrected chi connectivity index (χ3v) is 2.17. The van der Waals surface area contributed by atoms with E-state index in [2.05, 4.69) is 16.6 Å². The second kappa shape index (κ2) is 3.72. The average Bonchev–Trinajstić information content (AvgIpc) is 2.14. The van der Waals surface area contributed by atoms with Gasteiger partial charge in [0.05, 0.1) is 0 Å². The van der Waals surface area contributed by atoms with Crippen molar-refractivity contribution in [3.8, 4) is 0 Å². The monoisotopic (exact) mass is 168 g/mol. The molecule has 0 bridgehead atoms. The molecule has 0 amide bonds. The third kappa shape index (κ3) is 2.08. The molecule has 1 fully saturated rings. The van der Waals surface area contributed by atoms with E-state index in [0.717, 1.165) is 18.8 Å². The van der Waals surface area contributed by atoms with Crippen molar-refractivity contribution < 1.29 is 4.79 Å². The minimum absolute atomic E-state index is 0.352. The van der Waals surface area contributed by atoms with Crippen molar-refractivity contribution in [2.24, 2.45) is 0 Å². The topological polar surface area (TPSA) is 23.6 Å². The highest BCUT2D eigenvalue weighted by Crippen LogP contribution is 2.11. The van der Waals surface area contributed by atoms with Crippen LogP contribution < -0.4 is 0 Å². The fraction of sp³-hybridized carbons (Fsp3) is 0.667. The normalized spacial score (nSPS) is 20.8. The summed E-state index contributed by atoms with van der Waals surface area (Å²) in [6.45, 7) is 7.43. The Morgan fingerprint density at radius 2 is 2.00 bits per heavy atom. The summed E-state index contributed by atoms with van der Waals surface area (Å²) in [5, 5.41) is 4.12. The lowest BCUT2D eigenvalue weighted by Crippen LogP contribution is -2.37. The van der Waals surface area contributed by atoms with Crippen LogP contribution in [0.4, 0.5) is 0 Å². The van der Waals surface area contributed by atoms with Gasteiger partial charge in [0.25, 0.3) is 0 Å². The summed E-state index contributed by atoms with van der Waals surface area (Å²) in [6.07, 6.45) is 1.32. The van der Waals surface area contributed by atoms with Crippen LogP contribution in [0, 0.1) is 0 Å². The van der Waals surface area contributed by atoms with Gasteiger partial charge in [-0.2, -0.15) is 0 Å². The van der Waals surface area contributed by atoms with Gasteiger partial charge in [0.1, 0.15) is 5.78 Å². The Kier molecular flexibility index (Phi) is 2.87. The molecule has 0 aromatic carbocycles. The van der Waals surface area contributed by atoms with Gasteiger partial charge in [0, 0.05) is 38.7 Å². The Labute approximate surface area is 73.6 Å². The fourth-order valence-electron chi connectivity index (χ4n) is 1.42. The summed E-state index contributed by atoms with van der Waals surface area (Å²) >= 11 is 0. The Bertz CT molecular complexity index is 201. The van der Waals surface area contributed by atoms with Gasteiger partial charge < -0.3 is 5.01 Å². The van der Waals surface area contributed by atoms with E-state index < -0.39 is 0 Å². The van der Waals surface area contributed by atoms with Crippen LogP contribution in [0.3, 0.4) is 0 Å². The van der Waals surface area contributed by atoms with Gasteiger partial charge in [-0.1, -0.05) is 6.58 Å². The largest absolute Gasteiger partial charge is 0.311 e. The van der Waals surface area contributed by atoms with Gasteiger partial charge in [-0.05, 0) is 6.92 Å². The van der Waals surface area contributed by atoms with Gasteiger partial charge in [0.15, 0.2) is 0 Å². The van der Waals surface area contributed by atoms with Gasteiger partial charge >= 0.3 is 0 Å². The number of hydrazine groups is 1. The molecule has 68 valence electrons. The molecule has 3 nitrogen and oxygen atoms in total. The highest BCUT2D eigenvalue weighted by atomic mass is 16.1. The number of carbonyl (C=O) groups excluding carboxylic acids is 1. The molecular weight excluding hydrogens is 152 g/mol. The molecule has 12 heavy (non-hydrogen) atoms. The lowest BCUT2D eigenvalue weighted by molar-refractivity contribution is -0.118. The molecule has 1 aliphatic heterocycles. The number of ketones is 1. The predicted molar refractivity (Wildman–Crippen MR) is 48.4 cm³/mol. The maximum absolute atomic E-state index is 11.1. The highest BCUT2D eigenvalue weighted by Gasteiger charge is 2.17. The van der Waals surface area contributed by atoms with E-state index in [4.69, 9.17) is 0 Å². The number of carbonyl (C=O) groups is 1. The minimum atomic E-state index is 0.352. The first kappa shape index (κ1) is 9.26. The molecule has 1 aliphatic rings. The SMILES string of the molecule is C=C(C)N1CCC(=O)CCN1C. The van der Waals surface area contributed by atoms with Gasteiger partial charge in [-0.15, -0.1) is 0 Å². The molecule has 3 heteroatoms. The van der Waals surface area contributed by atoms with Crippen molar-refractivity contribution in [1.29, 1.82) is 0 Å².